The van der Waals surface area contributed by atoms with E-state index in [4.69, 9.17) is 5.73 Å². The van der Waals surface area contributed by atoms with Gasteiger partial charge in [0.05, 0.1) is 5.69 Å². The predicted molar refractivity (Wildman–Crippen MR) is 47.2 cm³/mol. The van der Waals surface area contributed by atoms with Gasteiger partial charge < -0.3 is 5.73 Å². The van der Waals surface area contributed by atoms with E-state index in [0.717, 1.165) is 11.3 Å². The minimum absolute atomic E-state index is 0.400. The number of fused-ring (bicyclic) bond motifs is 1. The number of nitrogen functional groups attached to an aromatic ring is 1. The lowest BCUT2D eigenvalue weighted by Crippen LogP contribution is -2.02. The molecule has 66 valence electrons. The zero-order valence-corrected chi connectivity index (χ0v) is 7.01. The van der Waals surface area contributed by atoms with Crippen molar-refractivity contribution in [3.8, 4) is 0 Å². The van der Waals surface area contributed by atoms with Crippen LogP contribution in [0.4, 0.5) is 5.95 Å². The summed E-state index contributed by atoms with van der Waals surface area (Å²) >= 11 is 0. The van der Waals surface area contributed by atoms with Crippen LogP contribution in [0.15, 0.2) is 12.4 Å². The fourth-order valence-electron chi connectivity index (χ4n) is 1.43. The molecule has 0 bridgehead atoms. The van der Waals surface area contributed by atoms with Gasteiger partial charge in [-0.05, 0) is 12.8 Å². The van der Waals surface area contributed by atoms with E-state index in [0.29, 0.717) is 11.9 Å². The van der Waals surface area contributed by atoms with E-state index in [1.807, 2.05) is 6.07 Å². The first-order valence-electron chi connectivity index (χ1n) is 4.31. The molecular weight excluding hydrogens is 166 g/mol. The molecule has 1 fully saturated rings. The molecule has 0 aliphatic heterocycles. The molecule has 0 unspecified atom stereocenters. The van der Waals surface area contributed by atoms with Crippen molar-refractivity contribution in [1.82, 2.24) is 19.6 Å². The van der Waals surface area contributed by atoms with Gasteiger partial charge in [0.25, 0.3) is 0 Å². The summed E-state index contributed by atoms with van der Waals surface area (Å²) in [4.78, 5) is 7.95. The molecule has 5 heteroatoms. The van der Waals surface area contributed by atoms with E-state index in [1.165, 1.54) is 19.2 Å². The van der Waals surface area contributed by atoms with Crippen molar-refractivity contribution in [2.75, 3.05) is 5.73 Å². The molecule has 0 radical (unpaired) electrons. The lowest BCUT2D eigenvalue weighted by molar-refractivity contribution is 0.865. The zero-order valence-electron chi connectivity index (χ0n) is 7.01. The third-order valence-electron chi connectivity index (χ3n) is 2.30. The number of hydrogen-bond acceptors (Lipinski definition) is 4. The lowest BCUT2D eigenvalue weighted by atomic mass is 10.3. The quantitative estimate of drug-likeness (QED) is 0.688. The Kier molecular flexibility index (Phi) is 1.15. The van der Waals surface area contributed by atoms with Crippen LogP contribution in [0.25, 0.3) is 5.65 Å². The fraction of sp³-hybridized carbons (Fsp3) is 0.375. The summed E-state index contributed by atoms with van der Waals surface area (Å²) in [5, 5.41) is 4.34. The summed E-state index contributed by atoms with van der Waals surface area (Å²) in [5.74, 6) is 1.03. The monoisotopic (exact) mass is 175 g/mol. The Labute approximate surface area is 74.6 Å². The summed E-state index contributed by atoms with van der Waals surface area (Å²) in [6.45, 7) is 0. The number of anilines is 1. The van der Waals surface area contributed by atoms with E-state index < -0.39 is 0 Å². The summed E-state index contributed by atoms with van der Waals surface area (Å²) in [6.07, 6.45) is 3.93. The van der Waals surface area contributed by atoms with Crippen LogP contribution in [0.1, 0.15) is 24.5 Å². The van der Waals surface area contributed by atoms with Crippen molar-refractivity contribution in [2.45, 2.75) is 18.8 Å². The number of nitrogens with two attached hydrogens (primary N) is 1. The molecule has 2 N–H and O–H groups in total. The molecule has 2 aromatic rings. The highest BCUT2D eigenvalue weighted by molar-refractivity contribution is 5.44. The molecule has 5 nitrogen and oxygen atoms in total. The van der Waals surface area contributed by atoms with Gasteiger partial charge in [-0.15, -0.1) is 0 Å². The van der Waals surface area contributed by atoms with Crippen molar-refractivity contribution >= 4 is 11.6 Å². The highest BCUT2D eigenvalue weighted by Gasteiger charge is 2.26. The topological polar surface area (TPSA) is 69.1 Å². The second-order valence-electron chi connectivity index (χ2n) is 3.35. The van der Waals surface area contributed by atoms with E-state index in [2.05, 4.69) is 15.1 Å². The molecule has 2 aromatic heterocycles. The molecule has 1 aliphatic rings. The molecule has 0 saturated heterocycles. The fourth-order valence-corrected chi connectivity index (χ4v) is 1.43. The first kappa shape index (κ1) is 6.82. The van der Waals surface area contributed by atoms with Crippen LogP contribution in [-0.4, -0.2) is 19.6 Å². The van der Waals surface area contributed by atoms with E-state index >= 15 is 0 Å². The third-order valence-corrected chi connectivity index (χ3v) is 2.30. The smallest absolute Gasteiger partial charge is 0.224 e. The minimum Gasteiger partial charge on any atom is -0.368 e. The van der Waals surface area contributed by atoms with Crippen LogP contribution < -0.4 is 5.73 Å². The average molecular weight is 175 g/mol. The minimum atomic E-state index is 0.400. The van der Waals surface area contributed by atoms with Crippen LogP contribution in [0, 0.1) is 0 Å². The van der Waals surface area contributed by atoms with Crippen molar-refractivity contribution in [2.24, 2.45) is 0 Å². The summed E-state index contributed by atoms with van der Waals surface area (Å²) < 4.78 is 1.59. The maximum atomic E-state index is 5.64. The summed E-state index contributed by atoms with van der Waals surface area (Å²) in [6, 6.07) is 1.98. The standard InChI is InChI=1S/C8H9N5/c9-8-11-4-10-7-3-6(5-1-2-5)12-13(7)8/h3-5H,1-2H2,(H2,9,10,11). The SMILES string of the molecule is Nc1ncnc2cc(C3CC3)nn12. The van der Waals surface area contributed by atoms with Crippen LogP contribution in [0.5, 0.6) is 0 Å². The Bertz CT molecular complexity index is 457. The molecule has 0 spiro atoms. The highest BCUT2D eigenvalue weighted by Crippen LogP contribution is 2.39. The first-order chi connectivity index (χ1) is 6.34. The van der Waals surface area contributed by atoms with E-state index in [1.54, 1.807) is 4.52 Å². The largest absolute Gasteiger partial charge is 0.368 e. The van der Waals surface area contributed by atoms with Gasteiger partial charge in [-0.25, -0.2) is 9.97 Å². The number of aromatic nitrogens is 4. The lowest BCUT2D eigenvalue weighted by Gasteiger charge is -1.93. The molecule has 0 atom stereocenters. The van der Waals surface area contributed by atoms with Gasteiger partial charge in [-0.1, -0.05) is 0 Å². The van der Waals surface area contributed by atoms with Crippen molar-refractivity contribution in [3.63, 3.8) is 0 Å². The number of hydrogen-bond donors (Lipinski definition) is 1. The Hall–Kier alpha value is -1.65. The maximum absolute atomic E-state index is 5.64. The van der Waals surface area contributed by atoms with Crippen LogP contribution in [0.3, 0.4) is 0 Å². The van der Waals surface area contributed by atoms with Gasteiger partial charge in [0.2, 0.25) is 5.95 Å². The van der Waals surface area contributed by atoms with E-state index in [9.17, 15) is 0 Å². The highest BCUT2D eigenvalue weighted by atomic mass is 15.3. The van der Waals surface area contributed by atoms with E-state index in [-0.39, 0.29) is 0 Å². The Balaban J connectivity index is 2.26. The van der Waals surface area contributed by atoms with Crippen LogP contribution in [-0.2, 0) is 0 Å². The summed E-state index contributed by atoms with van der Waals surface area (Å²) in [5.41, 5.74) is 7.52. The van der Waals surface area contributed by atoms with Crippen molar-refractivity contribution in [3.05, 3.63) is 18.1 Å². The maximum Gasteiger partial charge on any atom is 0.224 e. The molecule has 1 saturated carbocycles. The van der Waals surface area contributed by atoms with Gasteiger partial charge in [0, 0.05) is 12.0 Å². The molecule has 1 aliphatic carbocycles. The van der Waals surface area contributed by atoms with Gasteiger partial charge >= 0.3 is 0 Å². The third kappa shape index (κ3) is 0.965. The Morgan fingerprint density at radius 2 is 2.23 bits per heavy atom. The molecule has 0 aromatic carbocycles. The first-order valence-corrected chi connectivity index (χ1v) is 4.31. The van der Waals surface area contributed by atoms with Gasteiger partial charge in [0.15, 0.2) is 5.65 Å². The Morgan fingerprint density at radius 3 is 2.92 bits per heavy atom. The second-order valence-corrected chi connectivity index (χ2v) is 3.35. The van der Waals surface area contributed by atoms with Crippen molar-refractivity contribution < 1.29 is 0 Å². The molecule has 2 heterocycles. The normalized spacial score (nSPS) is 16.6. The molecule has 0 amide bonds. The second kappa shape index (κ2) is 2.18. The van der Waals surface area contributed by atoms with Crippen LogP contribution >= 0.6 is 0 Å². The van der Waals surface area contributed by atoms with Crippen molar-refractivity contribution in [1.29, 1.82) is 0 Å². The average Bonchev–Trinajstić information content (AvgIpc) is 2.87. The van der Waals surface area contributed by atoms with Gasteiger partial charge in [-0.2, -0.15) is 9.61 Å². The van der Waals surface area contributed by atoms with Crippen LogP contribution in [0.2, 0.25) is 0 Å². The zero-order chi connectivity index (χ0) is 8.84. The number of rotatable bonds is 1. The Morgan fingerprint density at radius 1 is 1.38 bits per heavy atom. The van der Waals surface area contributed by atoms with Gasteiger partial charge in [0.1, 0.15) is 6.33 Å². The summed E-state index contributed by atoms with van der Waals surface area (Å²) in [7, 11) is 0. The predicted octanol–water partition coefficient (Wildman–Crippen LogP) is 0.584. The molecular formula is C8H9N5. The molecule has 3 rings (SSSR count). The number of nitrogens with zero attached hydrogens (tertiary/aromatic N) is 4. The van der Waals surface area contributed by atoms with Gasteiger partial charge in [-0.3, -0.25) is 0 Å². The molecule has 13 heavy (non-hydrogen) atoms.